The first-order chi connectivity index (χ1) is 9.58. The van der Waals surface area contributed by atoms with E-state index < -0.39 is 30.0 Å². The maximum absolute atomic E-state index is 11.8. The van der Waals surface area contributed by atoms with Crippen LogP contribution in [0, 0.1) is 17.2 Å². The maximum Gasteiger partial charge on any atom is 0.351 e. The first-order valence-corrected chi connectivity index (χ1v) is 6.24. The van der Waals surface area contributed by atoms with Crippen LogP contribution in [0.3, 0.4) is 0 Å². The highest BCUT2D eigenvalue weighted by Gasteiger charge is 2.45. The molecular weight excluding hydrogens is 264 g/mol. The van der Waals surface area contributed by atoms with Gasteiger partial charge in [0.2, 0.25) is 0 Å². The average Bonchev–Trinajstić information content (AvgIpc) is 2.72. The van der Waals surface area contributed by atoms with Crippen LogP contribution in [0.15, 0.2) is 17.1 Å². The largest absolute Gasteiger partial charge is 0.389 e. The van der Waals surface area contributed by atoms with Gasteiger partial charge in [0.25, 0.3) is 0 Å². The van der Waals surface area contributed by atoms with Gasteiger partial charge in [-0.15, -0.1) is 0 Å². The van der Waals surface area contributed by atoms with Crippen LogP contribution in [0.25, 0.3) is 0 Å². The van der Waals surface area contributed by atoms with Gasteiger partial charge in [0.1, 0.15) is 23.9 Å². The highest BCUT2D eigenvalue weighted by atomic mass is 16.6. The summed E-state index contributed by atoms with van der Waals surface area (Å²) in [5.41, 5.74) is 4.79. The van der Waals surface area contributed by atoms with Gasteiger partial charge in [-0.25, -0.2) is 4.79 Å². The van der Waals surface area contributed by atoms with Crippen molar-refractivity contribution in [3.05, 3.63) is 22.7 Å². The molecular formula is C12H16N4O4. The van der Waals surface area contributed by atoms with Gasteiger partial charge in [-0.3, -0.25) is 4.57 Å². The molecule has 0 spiro atoms. The number of nitriles is 1. The second-order valence-electron chi connectivity index (χ2n) is 4.41. The Bertz CT molecular complexity index is 567. The molecule has 2 rings (SSSR count). The van der Waals surface area contributed by atoms with Crippen molar-refractivity contribution in [3.8, 4) is 6.07 Å². The summed E-state index contributed by atoms with van der Waals surface area (Å²) in [5.74, 6) is -0.784. The number of rotatable bonds is 4. The quantitative estimate of drug-likeness (QED) is 0.744. The lowest BCUT2D eigenvalue weighted by molar-refractivity contribution is -0.0623. The Balaban J connectivity index is 2.27. The molecule has 4 atom stereocenters. The minimum atomic E-state index is -1.03. The van der Waals surface area contributed by atoms with E-state index >= 15 is 0 Å². The van der Waals surface area contributed by atoms with Crippen molar-refractivity contribution in [1.82, 2.24) is 9.55 Å². The summed E-state index contributed by atoms with van der Waals surface area (Å²) in [4.78, 5) is 15.4. The van der Waals surface area contributed by atoms with Gasteiger partial charge in [-0.1, -0.05) is 0 Å². The Morgan fingerprint density at radius 1 is 1.70 bits per heavy atom. The van der Waals surface area contributed by atoms with Crippen LogP contribution < -0.4 is 11.4 Å². The molecule has 1 fully saturated rings. The van der Waals surface area contributed by atoms with E-state index in [9.17, 15) is 9.90 Å². The summed E-state index contributed by atoms with van der Waals surface area (Å²) in [7, 11) is 0. The predicted octanol–water partition coefficient (Wildman–Crippen LogP) is -0.740. The molecule has 0 amide bonds. The number of nitrogens with zero attached hydrogens (tertiary/aromatic N) is 3. The van der Waals surface area contributed by atoms with Crippen molar-refractivity contribution in [1.29, 1.82) is 5.26 Å². The molecule has 3 N–H and O–H groups in total. The van der Waals surface area contributed by atoms with E-state index in [0.29, 0.717) is 6.61 Å². The second kappa shape index (κ2) is 6.00. The SMILES string of the molecule is CCOC[C@H]1OC(n2ccc(N)nc2=O)[C@@H](C#N)[C@@H]1O. The van der Waals surface area contributed by atoms with Gasteiger partial charge in [0.15, 0.2) is 6.23 Å². The predicted molar refractivity (Wildman–Crippen MR) is 68.4 cm³/mol. The third-order valence-corrected chi connectivity index (χ3v) is 3.13. The average molecular weight is 280 g/mol. The molecule has 20 heavy (non-hydrogen) atoms. The summed E-state index contributed by atoms with van der Waals surface area (Å²) >= 11 is 0. The smallest absolute Gasteiger partial charge is 0.351 e. The second-order valence-corrected chi connectivity index (χ2v) is 4.41. The summed E-state index contributed by atoms with van der Waals surface area (Å²) in [6.45, 7) is 2.44. The molecule has 1 saturated heterocycles. The van der Waals surface area contributed by atoms with E-state index in [1.807, 2.05) is 13.0 Å². The van der Waals surface area contributed by atoms with Crippen LogP contribution in [-0.2, 0) is 9.47 Å². The van der Waals surface area contributed by atoms with Gasteiger partial charge in [-0.2, -0.15) is 10.2 Å². The molecule has 1 aliphatic rings. The zero-order chi connectivity index (χ0) is 14.7. The minimum Gasteiger partial charge on any atom is -0.389 e. The molecule has 1 aromatic rings. The number of nitrogen functional groups attached to an aromatic ring is 1. The molecule has 0 aromatic carbocycles. The highest BCUT2D eigenvalue weighted by Crippen LogP contribution is 2.33. The van der Waals surface area contributed by atoms with Crippen LogP contribution in [0.2, 0.25) is 0 Å². The fourth-order valence-electron chi connectivity index (χ4n) is 2.11. The Labute approximate surface area is 115 Å². The van der Waals surface area contributed by atoms with Crippen LogP contribution in [0.5, 0.6) is 0 Å². The Kier molecular flexibility index (Phi) is 4.34. The van der Waals surface area contributed by atoms with Crippen LogP contribution in [-0.4, -0.2) is 40.1 Å². The number of ether oxygens (including phenoxy) is 2. The molecule has 0 radical (unpaired) electrons. The molecule has 8 heteroatoms. The number of aliphatic hydroxyl groups excluding tert-OH is 1. The van der Waals surface area contributed by atoms with Gasteiger partial charge >= 0.3 is 5.69 Å². The fraction of sp³-hybridized carbons (Fsp3) is 0.583. The van der Waals surface area contributed by atoms with Crippen LogP contribution in [0.1, 0.15) is 13.2 Å². The van der Waals surface area contributed by atoms with Crippen molar-refractivity contribution in [3.63, 3.8) is 0 Å². The van der Waals surface area contributed by atoms with Crippen molar-refractivity contribution in [2.45, 2.75) is 25.4 Å². The van der Waals surface area contributed by atoms with E-state index in [1.54, 1.807) is 0 Å². The number of hydrogen-bond donors (Lipinski definition) is 2. The van der Waals surface area contributed by atoms with Crippen molar-refractivity contribution < 1.29 is 14.6 Å². The molecule has 0 bridgehead atoms. The Morgan fingerprint density at radius 2 is 2.45 bits per heavy atom. The lowest BCUT2D eigenvalue weighted by Gasteiger charge is -2.16. The molecule has 108 valence electrons. The van der Waals surface area contributed by atoms with E-state index in [0.717, 1.165) is 4.57 Å². The monoisotopic (exact) mass is 280 g/mol. The molecule has 8 nitrogen and oxygen atoms in total. The summed E-state index contributed by atoms with van der Waals surface area (Å²) in [5, 5.41) is 19.2. The summed E-state index contributed by atoms with van der Waals surface area (Å²) in [6, 6.07) is 3.39. The van der Waals surface area contributed by atoms with Gasteiger partial charge in [0.05, 0.1) is 12.7 Å². The van der Waals surface area contributed by atoms with Crippen molar-refractivity contribution >= 4 is 5.82 Å². The van der Waals surface area contributed by atoms with Gasteiger partial charge in [0, 0.05) is 12.8 Å². The van der Waals surface area contributed by atoms with Gasteiger partial charge in [-0.05, 0) is 13.0 Å². The first kappa shape index (κ1) is 14.5. The normalized spacial score (nSPS) is 29.2. The van der Waals surface area contributed by atoms with Crippen LogP contribution >= 0.6 is 0 Å². The van der Waals surface area contributed by atoms with E-state index in [1.165, 1.54) is 12.3 Å². The molecule has 1 aliphatic heterocycles. The van der Waals surface area contributed by atoms with Crippen LogP contribution in [0.4, 0.5) is 5.82 Å². The number of nitrogens with two attached hydrogens (primary N) is 1. The van der Waals surface area contributed by atoms with E-state index in [4.69, 9.17) is 20.5 Å². The Hall–Kier alpha value is -1.95. The highest BCUT2D eigenvalue weighted by molar-refractivity contribution is 5.23. The molecule has 1 aromatic heterocycles. The van der Waals surface area contributed by atoms with E-state index in [2.05, 4.69) is 4.98 Å². The number of aliphatic hydroxyl groups is 1. The molecule has 0 saturated carbocycles. The van der Waals surface area contributed by atoms with Crippen molar-refractivity contribution in [2.24, 2.45) is 5.92 Å². The third-order valence-electron chi connectivity index (χ3n) is 3.13. The van der Waals surface area contributed by atoms with Crippen molar-refractivity contribution in [2.75, 3.05) is 18.9 Å². The van der Waals surface area contributed by atoms with Gasteiger partial charge < -0.3 is 20.3 Å². The zero-order valence-corrected chi connectivity index (χ0v) is 11.0. The summed E-state index contributed by atoms with van der Waals surface area (Å²) < 4.78 is 11.9. The fourth-order valence-corrected chi connectivity index (χ4v) is 2.11. The molecule has 0 aliphatic carbocycles. The standard InChI is InChI=1S/C12H16N4O4/c1-2-19-6-8-10(17)7(5-13)11(20-8)16-4-3-9(14)15-12(16)18/h3-4,7-8,10-11,17H,2,6H2,1H3,(H2,14,15,18)/t7-,8+,10-,11?/m0/s1. The number of hydrogen-bond acceptors (Lipinski definition) is 7. The number of aromatic nitrogens is 2. The topological polar surface area (TPSA) is 123 Å². The zero-order valence-electron chi connectivity index (χ0n) is 11.0. The molecule has 2 heterocycles. The first-order valence-electron chi connectivity index (χ1n) is 6.24. The van der Waals surface area contributed by atoms with E-state index in [-0.39, 0.29) is 12.4 Å². The lowest BCUT2D eigenvalue weighted by Crippen LogP contribution is -2.31. The molecule has 1 unspecified atom stereocenters. The third kappa shape index (κ3) is 2.65. The number of anilines is 1. The summed E-state index contributed by atoms with van der Waals surface area (Å²) in [6.07, 6.45) is -1.19. The maximum atomic E-state index is 11.8. The Morgan fingerprint density at radius 3 is 3.05 bits per heavy atom. The minimum absolute atomic E-state index is 0.0872. The lowest BCUT2D eigenvalue weighted by atomic mass is 10.0.